The van der Waals surface area contributed by atoms with E-state index in [0.717, 1.165) is 99.2 Å². The predicted octanol–water partition coefficient (Wildman–Crippen LogP) is 16.7. The van der Waals surface area contributed by atoms with Crippen LogP contribution < -0.4 is 0 Å². The van der Waals surface area contributed by atoms with Gasteiger partial charge in [0.05, 0.1) is 91.6 Å². The number of benzene rings is 9. The second-order valence-electron chi connectivity index (χ2n) is 18.6. The van der Waals surface area contributed by atoms with Gasteiger partial charge >= 0.3 is 0 Å². The van der Waals surface area contributed by atoms with E-state index in [9.17, 15) is 17.1 Å². The van der Waals surface area contributed by atoms with Crippen LogP contribution in [0.15, 0.2) is 231 Å². The average Bonchev–Trinajstić information content (AvgIpc) is 4.15. The molecule has 0 aliphatic heterocycles. The summed E-state index contributed by atoms with van der Waals surface area (Å²) in [6.07, 6.45) is 3.69. The second-order valence-corrected chi connectivity index (χ2v) is 18.6. The van der Waals surface area contributed by atoms with Gasteiger partial charge in [0.2, 0.25) is 5.69 Å². The molecule has 346 valence electrons. The number of hydrogen-bond acceptors (Lipinski definition) is 4. The van der Waals surface area contributed by atoms with Crippen molar-refractivity contribution in [3.63, 3.8) is 0 Å². The normalized spacial score (nSPS) is 11.4. The van der Waals surface area contributed by atoms with Crippen LogP contribution >= 0.6 is 0 Å². The molecule has 9 aromatic carbocycles. The lowest BCUT2D eigenvalue weighted by molar-refractivity contribution is 1.08. The Morgan fingerprint density at radius 1 is 0.333 bits per heavy atom. The smallest absolute Gasteiger partial charge is 0.236 e. The highest BCUT2D eigenvalue weighted by Crippen LogP contribution is 2.49. The van der Waals surface area contributed by atoms with Crippen LogP contribution in [-0.4, -0.2) is 23.7 Å². The molecular formula is C67H38N8. The monoisotopic (exact) mass is 954 g/mol. The Bertz CT molecular complexity index is 4480. The van der Waals surface area contributed by atoms with E-state index < -0.39 is 0 Å². The highest BCUT2D eigenvalue weighted by atomic mass is 15.1. The van der Waals surface area contributed by atoms with Crippen LogP contribution in [-0.2, 0) is 0 Å². The molecule has 0 bridgehead atoms. The molecule has 0 aliphatic rings. The molecular weight excluding hydrogens is 917 g/mol. The zero-order valence-electron chi connectivity index (χ0n) is 40.0. The van der Waals surface area contributed by atoms with Crippen molar-refractivity contribution in [3.05, 3.63) is 253 Å². The van der Waals surface area contributed by atoms with Crippen molar-refractivity contribution < 1.29 is 0 Å². The summed E-state index contributed by atoms with van der Waals surface area (Å²) < 4.78 is 6.14. The van der Waals surface area contributed by atoms with Gasteiger partial charge < -0.3 is 13.7 Å². The molecule has 8 heteroatoms. The van der Waals surface area contributed by atoms with Crippen molar-refractivity contribution in [2.45, 2.75) is 0 Å². The highest BCUT2D eigenvalue weighted by Gasteiger charge is 2.33. The van der Waals surface area contributed by atoms with Crippen molar-refractivity contribution in [1.29, 1.82) is 10.5 Å². The van der Waals surface area contributed by atoms with Crippen LogP contribution in [0.3, 0.4) is 0 Å². The van der Waals surface area contributed by atoms with E-state index in [2.05, 4.69) is 106 Å². The van der Waals surface area contributed by atoms with Gasteiger partial charge in [-0.25, -0.2) is 4.85 Å². The number of pyridine rings is 2. The minimum Gasteiger partial charge on any atom is -0.317 e. The van der Waals surface area contributed by atoms with Crippen LogP contribution in [0.25, 0.3) is 132 Å². The van der Waals surface area contributed by atoms with Gasteiger partial charge in [0, 0.05) is 43.4 Å². The Hall–Kier alpha value is -10.9. The molecule has 0 N–H and O–H groups in total. The van der Waals surface area contributed by atoms with Crippen LogP contribution in [0, 0.1) is 29.2 Å². The third-order valence-corrected chi connectivity index (χ3v) is 14.6. The van der Waals surface area contributed by atoms with Gasteiger partial charge in [-0.2, -0.15) is 10.5 Å². The summed E-state index contributed by atoms with van der Waals surface area (Å²) in [6, 6.07) is 79.1. The van der Waals surface area contributed by atoms with Gasteiger partial charge in [0.25, 0.3) is 0 Å². The van der Waals surface area contributed by atoms with Crippen LogP contribution in [0.5, 0.6) is 0 Å². The van der Waals surface area contributed by atoms with E-state index in [0.29, 0.717) is 28.1 Å². The van der Waals surface area contributed by atoms with E-state index in [1.54, 1.807) is 0 Å². The van der Waals surface area contributed by atoms with Crippen molar-refractivity contribution in [1.82, 2.24) is 23.7 Å². The first-order valence-corrected chi connectivity index (χ1v) is 24.6. The van der Waals surface area contributed by atoms with Gasteiger partial charge in [0.1, 0.15) is 12.1 Å². The Morgan fingerprint density at radius 3 is 1.11 bits per heavy atom. The lowest BCUT2D eigenvalue weighted by Gasteiger charge is -2.23. The van der Waals surface area contributed by atoms with E-state index in [-0.39, 0.29) is 16.8 Å². The molecule has 0 saturated heterocycles. The van der Waals surface area contributed by atoms with Gasteiger partial charge in [0.15, 0.2) is 0 Å². The maximum atomic E-state index is 12.2. The van der Waals surface area contributed by atoms with Gasteiger partial charge in [-0.3, -0.25) is 9.97 Å². The molecule has 75 heavy (non-hydrogen) atoms. The lowest BCUT2D eigenvalue weighted by atomic mass is 9.99. The quantitative estimate of drug-likeness (QED) is 0.149. The average molecular weight is 955 g/mol. The van der Waals surface area contributed by atoms with Crippen LogP contribution in [0.4, 0.5) is 5.69 Å². The maximum absolute atomic E-state index is 12.2. The minimum absolute atomic E-state index is 0.140. The highest BCUT2D eigenvalue weighted by molar-refractivity contribution is 6.15. The number of nitrogens with zero attached hydrogens (tertiary/aromatic N) is 8. The molecule has 14 aromatic rings. The summed E-state index contributed by atoms with van der Waals surface area (Å²) in [4.78, 5) is 14.6. The third-order valence-electron chi connectivity index (χ3n) is 14.6. The molecule has 0 aliphatic carbocycles. The first-order valence-electron chi connectivity index (χ1n) is 24.6. The standard InChI is InChI=1S/C67H38N8/c1-70-64-66(74-59-29-17-15-27-49(59)53-37-57(72-41-63(53)74)45-24-12-5-13-25-45)54(38-68)65(73-58-28-16-14-26-48(58)52-36-56(71-40-62(52)73)44-22-10-4-11-23-44)55(39-69)67(64)75-60-34-46(42-18-6-2-7-19-42)30-32-50(60)51-33-31-47(35-61(51)75)43-20-8-3-9-21-43/h2-37,40-41H. The number of hydrogen-bond donors (Lipinski definition) is 0. The van der Waals surface area contributed by atoms with Gasteiger partial charge in [-0.05, 0) is 58.7 Å². The van der Waals surface area contributed by atoms with Gasteiger partial charge in [-0.1, -0.05) is 182 Å². The molecule has 0 fully saturated rings. The predicted molar refractivity (Wildman–Crippen MR) is 302 cm³/mol. The summed E-state index contributed by atoms with van der Waals surface area (Å²) >= 11 is 0. The Labute approximate surface area is 430 Å². The molecule has 0 atom stereocenters. The topological polar surface area (TPSA) is 92.5 Å². The van der Waals surface area contributed by atoms with Crippen molar-refractivity contribution >= 4 is 71.1 Å². The SMILES string of the molecule is [C-]#[N+]c1c(-n2c3ccccc3c3cc(-c4ccccc4)ncc32)c(C#N)c(-n2c3ccccc3c3cc(-c4ccccc4)ncc32)c(C#N)c1-n1c2cc(-c3ccccc3)ccc2c2ccc(-c3ccccc3)cc21. The molecule has 14 rings (SSSR count). The summed E-state index contributed by atoms with van der Waals surface area (Å²) in [5.74, 6) is 0. The fourth-order valence-corrected chi connectivity index (χ4v) is 11.3. The largest absolute Gasteiger partial charge is 0.317 e. The fraction of sp³-hybridized carbons (Fsp3) is 0. The van der Waals surface area contributed by atoms with Crippen molar-refractivity contribution in [2.24, 2.45) is 0 Å². The zero-order chi connectivity index (χ0) is 50.1. The molecule has 0 saturated carbocycles. The number of para-hydroxylation sites is 2. The van der Waals surface area contributed by atoms with E-state index in [4.69, 9.17) is 9.97 Å². The molecule has 5 heterocycles. The van der Waals surface area contributed by atoms with Crippen molar-refractivity contribution in [2.75, 3.05) is 0 Å². The second kappa shape index (κ2) is 17.2. The third kappa shape index (κ3) is 6.60. The summed E-state index contributed by atoms with van der Waals surface area (Å²) in [5.41, 5.74) is 13.5. The summed E-state index contributed by atoms with van der Waals surface area (Å²) in [7, 11) is 0. The number of aromatic nitrogens is 5. The van der Waals surface area contributed by atoms with Crippen LogP contribution in [0.2, 0.25) is 0 Å². The zero-order valence-corrected chi connectivity index (χ0v) is 40.0. The number of rotatable bonds is 7. The number of fused-ring (bicyclic) bond motifs is 9. The first kappa shape index (κ1) is 43.0. The van der Waals surface area contributed by atoms with Crippen LogP contribution in [0.1, 0.15) is 11.1 Å². The summed E-state index contributed by atoms with van der Waals surface area (Å²) in [6.45, 7) is 9.47. The molecule has 0 unspecified atom stereocenters. The Kier molecular flexibility index (Phi) is 9.85. The lowest BCUT2D eigenvalue weighted by Crippen LogP contribution is -2.12. The molecule has 5 aromatic heterocycles. The molecule has 0 radical (unpaired) electrons. The molecule has 8 nitrogen and oxygen atoms in total. The van der Waals surface area contributed by atoms with E-state index >= 15 is 0 Å². The minimum atomic E-state index is 0.140. The van der Waals surface area contributed by atoms with E-state index in [1.165, 1.54) is 0 Å². The van der Waals surface area contributed by atoms with Gasteiger partial charge in [-0.15, -0.1) is 0 Å². The Balaban J connectivity index is 1.20. The van der Waals surface area contributed by atoms with Crippen molar-refractivity contribution in [3.8, 4) is 74.0 Å². The molecule has 0 spiro atoms. The number of nitriles is 2. The maximum Gasteiger partial charge on any atom is 0.236 e. The Morgan fingerprint density at radius 2 is 0.693 bits per heavy atom. The summed E-state index contributed by atoms with van der Waals surface area (Å²) in [5, 5.41) is 29.8. The first-order chi connectivity index (χ1) is 37.1. The van der Waals surface area contributed by atoms with E-state index in [1.807, 2.05) is 155 Å². The molecule has 0 amide bonds. The fourth-order valence-electron chi connectivity index (χ4n) is 11.3.